The Hall–Kier alpha value is -2.12. The average Bonchev–Trinajstić information content (AvgIpc) is 2.52. The summed E-state index contributed by atoms with van der Waals surface area (Å²) in [5.41, 5.74) is 0.385. The number of carbonyl (C=O) groups excluding carboxylic acids is 1. The van der Waals surface area contributed by atoms with Gasteiger partial charge in [-0.2, -0.15) is 0 Å². The number of nitrogens with zero attached hydrogens (tertiary/aromatic N) is 3. The normalized spacial score (nSPS) is 20.3. The number of hydrogen-bond acceptors (Lipinski definition) is 5. The summed E-state index contributed by atoms with van der Waals surface area (Å²) in [5, 5.41) is 0. The number of ether oxygens (including phenoxy) is 2. The molecule has 0 N–H and O–H groups in total. The van der Waals surface area contributed by atoms with Gasteiger partial charge in [-0.15, -0.1) is 0 Å². The highest BCUT2D eigenvalue weighted by molar-refractivity contribution is 5.97. The number of morpholine rings is 1. The molecule has 7 heteroatoms. The molecule has 1 fully saturated rings. The van der Waals surface area contributed by atoms with Gasteiger partial charge in [0, 0.05) is 38.7 Å². The third-order valence-corrected chi connectivity index (χ3v) is 3.91. The van der Waals surface area contributed by atoms with Gasteiger partial charge in [-0.3, -0.25) is 14.8 Å². The third-order valence-electron chi connectivity index (χ3n) is 3.91. The maximum atomic E-state index is 14.4. The van der Waals surface area contributed by atoms with Gasteiger partial charge < -0.3 is 14.4 Å². The molecule has 1 unspecified atom stereocenters. The van der Waals surface area contributed by atoms with Gasteiger partial charge in [0.1, 0.15) is 5.82 Å². The summed E-state index contributed by atoms with van der Waals surface area (Å²) in [4.78, 5) is 22.6. The molecule has 1 saturated heterocycles. The quantitative estimate of drug-likeness (QED) is 0.860. The van der Waals surface area contributed by atoms with Crippen molar-refractivity contribution in [2.24, 2.45) is 0 Å². The third kappa shape index (κ3) is 3.37. The maximum Gasteiger partial charge on any atom is 0.257 e. The van der Waals surface area contributed by atoms with Gasteiger partial charge in [0.2, 0.25) is 0 Å². The minimum absolute atomic E-state index is 0.00290. The largest absolute Gasteiger partial charge is 0.382 e. The Morgan fingerprint density at radius 3 is 2.71 bits per heavy atom. The van der Waals surface area contributed by atoms with Crippen LogP contribution in [0.3, 0.4) is 0 Å². The predicted molar refractivity (Wildman–Crippen MR) is 86.2 cm³/mol. The highest BCUT2D eigenvalue weighted by Crippen LogP contribution is 2.24. The van der Waals surface area contributed by atoms with E-state index in [4.69, 9.17) is 9.47 Å². The standard InChI is InChI=1S/C17H20FN3O3/c1-17(2)10-21(8-11(24-17)9-23-3)16(22)12-6-14-15(7-13(12)18)20-5-4-19-14/h4-7,11H,8-10H2,1-3H3. The van der Waals surface area contributed by atoms with Crippen LogP contribution in [0.1, 0.15) is 24.2 Å². The monoisotopic (exact) mass is 333 g/mol. The SMILES string of the molecule is COCC1CN(C(=O)c2cc3nccnc3cc2F)CC(C)(C)O1. The number of fused-ring (bicyclic) bond motifs is 1. The molecule has 1 amide bonds. The lowest BCUT2D eigenvalue weighted by atomic mass is 10.0. The second-order valence-corrected chi connectivity index (χ2v) is 6.52. The number of benzene rings is 1. The van der Waals surface area contributed by atoms with Gasteiger partial charge in [-0.05, 0) is 19.9 Å². The van der Waals surface area contributed by atoms with Crippen LogP contribution in [-0.4, -0.2) is 59.3 Å². The van der Waals surface area contributed by atoms with Crippen LogP contribution in [0.25, 0.3) is 11.0 Å². The first-order valence-corrected chi connectivity index (χ1v) is 7.76. The fourth-order valence-corrected chi connectivity index (χ4v) is 3.04. The molecule has 24 heavy (non-hydrogen) atoms. The first-order valence-electron chi connectivity index (χ1n) is 7.76. The minimum Gasteiger partial charge on any atom is -0.382 e. The number of methoxy groups -OCH3 is 1. The first-order chi connectivity index (χ1) is 11.4. The molecule has 2 heterocycles. The van der Waals surface area contributed by atoms with Crippen LogP contribution in [0.5, 0.6) is 0 Å². The molecule has 1 aliphatic rings. The van der Waals surface area contributed by atoms with E-state index in [0.29, 0.717) is 30.7 Å². The molecule has 1 aliphatic heterocycles. The summed E-state index contributed by atoms with van der Waals surface area (Å²) in [5.74, 6) is -0.974. The first kappa shape index (κ1) is 16.7. The molecular formula is C17H20FN3O3. The van der Waals surface area contributed by atoms with Gasteiger partial charge in [0.15, 0.2) is 0 Å². The molecule has 1 aromatic carbocycles. The number of hydrogen-bond donors (Lipinski definition) is 0. The van der Waals surface area contributed by atoms with Crippen LogP contribution in [-0.2, 0) is 9.47 Å². The zero-order valence-corrected chi connectivity index (χ0v) is 14.0. The van der Waals surface area contributed by atoms with Gasteiger partial charge in [-0.25, -0.2) is 4.39 Å². The molecule has 1 atom stereocenters. The van der Waals surface area contributed by atoms with Crippen LogP contribution < -0.4 is 0 Å². The number of rotatable bonds is 3. The summed E-state index contributed by atoms with van der Waals surface area (Å²) in [7, 11) is 1.58. The van der Waals surface area contributed by atoms with Crippen molar-refractivity contribution >= 4 is 16.9 Å². The summed E-state index contributed by atoms with van der Waals surface area (Å²) in [6.45, 7) is 4.91. The molecule has 0 spiro atoms. The zero-order chi connectivity index (χ0) is 17.3. The van der Waals surface area contributed by atoms with E-state index in [1.807, 2.05) is 13.8 Å². The topological polar surface area (TPSA) is 64.5 Å². The molecule has 0 saturated carbocycles. The summed E-state index contributed by atoms with van der Waals surface area (Å²) in [6.07, 6.45) is 2.76. The smallest absolute Gasteiger partial charge is 0.257 e. The van der Waals surface area contributed by atoms with Crippen molar-refractivity contribution in [2.75, 3.05) is 26.8 Å². The maximum absolute atomic E-state index is 14.4. The van der Waals surface area contributed by atoms with E-state index in [1.54, 1.807) is 12.0 Å². The molecule has 0 radical (unpaired) electrons. The fourth-order valence-electron chi connectivity index (χ4n) is 3.04. The minimum atomic E-state index is -0.597. The van der Waals surface area contributed by atoms with Gasteiger partial charge in [0.05, 0.1) is 34.9 Å². The second-order valence-electron chi connectivity index (χ2n) is 6.52. The Labute approximate surface area is 139 Å². The van der Waals surface area contributed by atoms with E-state index in [0.717, 1.165) is 0 Å². The van der Waals surface area contributed by atoms with Crippen molar-refractivity contribution in [3.05, 3.63) is 35.9 Å². The lowest BCUT2D eigenvalue weighted by molar-refractivity contribution is -0.143. The van der Waals surface area contributed by atoms with Crippen LogP contribution in [0.4, 0.5) is 4.39 Å². The van der Waals surface area contributed by atoms with E-state index >= 15 is 0 Å². The molecule has 3 rings (SSSR count). The Morgan fingerprint density at radius 1 is 1.38 bits per heavy atom. The molecule has 6 nitrogen and oxygen atoms in total. The van der Waals surface area contributed by atoms with E-state index in [-0.39, 0.29) is 17.6 Å². The molecule has 0 bridgehead atoms. The molecule has 1 aromatic heterocycles. The second kappa shape index (κ2) is 6.41. The average molecular weight is 333 g/mol. The van der Waals surface area contributed by atoms with Crippen LogP contribution in [0.15, 0.2) is 24.5 Å². The van der Waals surface area contributed by atoms with E-state index < -0.39 is 11.4 Å². The van der Waals surface area contributed by atoms with Crippen molar-refractivity contribution in [1.82, 2.24) is 14.9 Å². The lowest BCUT2D eigenvalue weighted by Crippen LogP contribution is -2.55. The summed E-state index contributed by atoms with van der Waals surface area (Å²) >= 11 is 0. The van der Waals surface area contributed by atoms with Crippen molar-refractivity contribution in [3.8, 4) is 0 Å². The number of carbonyl (C=O) groups is 1. The zero-order valence-electron chi connectivity index (χ0n) is 14.0. The summed E-state index contributed by atoms with van der Waals surface area (Å²) < 4.78 is 25.4. The Balaban J connectivity index is 1.91. The Bertz CT molecular complexity index is 766. The molecule has 0 aliphatic carbocycles. The van der Waals surface area contributed by atoms with Crippen LogP contribution in [0, 0.1) is 5.82 Å². The highest BCUT2D eigenvalue weighted by Gasteiger charge is 2.36. The van der Waals surface area contributed by atoms with Crippen molar-refractivity contribution in [3.63, 3.8) is 0 Å². The van der Waals surface area contributed by atoms with Gasteiger partial charge >= 0.3 is 0 Å². The van der Waals surface area contributed by atoms with Crippen LogP contribution in [0.2, 0.25) is 0 Å². The molecule has 128 valence electrons. The van der Waals surface area contributed by atoms with Crippen LogP contribution >= 0.6 is 0 Å². The lowest BCUT2D eigenvalue weighted by Gasteiger charge is -2.42. The van der Waals surface area contributed by atoms with E-state index in [2.05, 4.69) is 9.97 Å². The van der Waals surface area contributed by atoms with Crippen molar-refractivity contribution in [1.29, 1.82) is 0 Å². The number of amides is 1. The Kier molecular flexibility index (Phi) is 4.47. The Morgan fingerprint density at radius 2 is 2.04 bits per heavy atom. The predicted octanol–water partition coefficient (Wildman–Crippen LogP) is 2.03. The van der Waals surface area contributed by atoms with E-state index in [9.17, 15) is 9.18 Å². The van der Waals surface area contributed by atoms with Gasteiger partial charge in [-0.1, -0.05) is 0 Å². The number of halogens is 1. The van der Waals surface area contributed by atoms with Crippen molar-refractivity contribution < 1.29 is 18.7 Å². The summed E-state index contributed by atoms with van der Waals surface area (Å²) in [6, 6.07) is 2.70. The molecule has 2 aromatic rings. The molecular weight excluding hydrogens is 313 g/mol. The fraction of sp³-hybridized carbons (Fsp3) is 0.471. The number of aromatic nitrogens is 2. The highest BCUT2D eigenvalue weighted by atomic mass is 19.1. The van der Waals surface area contributed by atoms with Gasteiger partial charge in [0.25, 0.3) is 5.91 Å². The van der Waals surface area contributed by atoms with Crippen molar-refractivity contribution in [2.45, 2.75) is 25.6 Å². The van der Waals surface area contributed by atoms with E-state index in [1.165, 1.54) is 24.5 Å².